The Labute approximate surface area is 82.2 Å². The summed E-state index contributed by atoms with van der Waals surface area (Å²) in [6, 6.07) is 4.25. The Morgan fingerprint density at radius 3 is 2.93 bits per heavy atom. The topological polar surface area (TPSA) is 66.0 Å². The summed E-state index contributed by atoms with van der Waals surface area (Å²) < 4.78 is 0. The Kier molecular flexibility index (Phi) is 1.37. The van der Waals surface area contributed by atoms with Crippen molar-refractivity contribution in [3.63, 3.8) is 0 Å². The number of nitrogens with one attached hydrogen (secondary N) is 1. The van der Waals surface area contributed by atoms with E-state index in [1.165, 1.54) is 12.8 Å². The summed E-state index contributed by atoms with van der Waals surface area (Å²) >= 11 is 0. The van der Waals surface area contributed by atoms with Gasteiger partial charge in [-0.05, 0) is 25.0 Å². The minimum absolute atomic E-state index is 0.550. The Morgan fingerprint density at radius 1 is 1.43 bits per heavy atom. The van der Waals surface area contributed by atoms with E-state index in [1.54, 1.807) is 6.07 Å². The molecule has 0 spiro atoms. The SMILES string of the molecule is N=C1c2ccc(N)nc2CN1C1CC1. The zero-order valence-corrected chi connectivity index (χ0v) is 7.83. The van der Waals surface area contributed by atoms with Crippen LogP contribution >= 0.6 is 0 Å². The number of nitrogens with two attached hydrogens (primary N) is 1. The second kappa shape index (κ2) is 2.47. The minimum Gasteiger partial charge on any atom is -0.384 e. The van der Waals surface area contributed by atoms with Gasteiger partial charge in [-0.2, -0.15) is 0 Å². The Bertz CT molecular complexity index is 409. The van der Waals surface area contributed by atoms with E-state index in [-0.39, 0.29) is 0 Å². The fourth-order valence-electron chi connectivity index (χ4n) is 1.95. The summed E-state index contributed by atoms with van der Waals surface area (Å²) in [5.74, 6) is 1.17. The number of aromatic nitrogens is 1. The molecule has 0 atom stereocenters. The van der Waals surface area contributed by atoms with Gasteiger partial charge in [-0.15, -0.1) is 0 Å². The number of nitrogens with zero attached hydrogens (tertiary/aromatic N) is 2. The number of rotatable bonds is 1. The van der Waals surface area contributed by atoms with E-state index in [9.17, 15) is 0 Å². The maximum atomic E-state index is 7.97. The highest BCUT2D eigenvalue weighted by Gasteiger charge is 2.36. The second-order valence-corrected chi connectivity index (χ2v) is 3.94. The number of amidine groups is 1. The minimum atomic E-state index is 0.550. The van der Waals surface area contributed by atoms with Crippen molar-refractivity contribution in [2.45, 2.75) is 25.4 Å². The smallest absolute Gasteiger partial charge is 0.130 e. The van der Waals surface area contributed by atoms with Crippen molar-refractivity contribution in [1.82, 2.24) is 9.88 Å². The van der Waals surface area contributed by atoms with E-state index in [0.717, 1.165) is 17.8 Å². The molecule has 0 aromatic carbocycles. The molecule has 1 saturated carbocycles. The fourth-order valence-corrected chi connectivity index (χ4v) is 1.95. The molecular weight excluding hydrogens is 176 g/mol. The number of pyridine rings is 1. The summed E-state index contributed by atoms with van der Waals surface area (Å²) in [6.45, 7) is 0.768. The van der Waals surface area contributed by atoms with Crippen LogP contribution in [0.1, 0.15) is 24.1 Å². The molecule has 1 aliphatic heterocycles. The molecule has 0 bridgehead atoms. The van der Waals surface area contributed by atoms with Gasteiger partial charge in [0.05, 0.1) is 12.2 Å². The Balaban J connectivity index is 2.01. The van der Waals surface area contributed by atoms with Gasteiger partial charge in [-0.1, -0.05) is 0 Å². The third-order valence-corrected chi connectivity index (χ3v) is 2.85. The first kappa shape index (κ1) is 7.79. The molecule has 72 valence electrons. The third kappa shape index (κ3) is 0.999. The fraction of sp³-hybridized carbons (Fsp3) is 0.400. The third-order valence-electron chi connectivity index (χ3n) is 2.85. The van der Waals surface area contributed by atoms with Crippen molar-refractivity contribution >= 4 is 11.7 Å². The lowest BCUT2D eigenvalue weighted by atomic mass is 10.2. The molecule has 2 aliphatic rings. The van der Waals surface area contributed by atoms with E-state index >= 15 is 0 Å². The van der Waals surface area contributed by atoms with Crippen LogP contribution in [-0.2, 0) is 6.54 Å². The maximum absolute atomic E-state index is 7.97. The summed E-state index contributed by atoms with van der Waals surface area (Å²) in [5.41, 5.74) is 7.52. The van der Waals surface area contributed by atoms with Crippen molar-refractivity contribution in [3.05, 3.63) is 23.4 Å². The Morgan fingerprint density at radius 2 is 2.21 bits per heavy atom. The van der Waals surface area contributed by atoms with Crippen molar-refractivity contribution in [2.24, 2.45) is 0 Å². The van der Waals surface area contributed by atoms with E-state index < -0.39 is 0 Å². The van der Waals surface area contributed by atoms with Crippen LogP contribution < -0.4 is 5.73 Å². The van der Waals surface area contributed by atoms with Gasteiger partial charge in [0.1, 0.15) is 11.7 Å². The van der Waals surface area contributed by atoms with E-state index in [1.807, 2.05) is 6.07 Å². The molecule has 0 radical (unpaired) electrons. The molecule has 4 heteroatoms. The van der Waals surface area contributed by atoms with Crippen LogP contribution in [-0.4, -0.2) is 21.8 Å². The maximum Gasteiger partial charge on any atom is 0.130 e. The average Bonchev–Trinajstić information content (AvgIpc) is 2.93. The lowest BCUT2D eigenvalue weighted by Crippen LogP contribution is -2.25. The predicted octanol–water partition coefficient (Wildman–Crippen LogP) is 0.967. The second-order valence-electron chi connectivity index (χ2n) is 3.94. The van der Waals surface area contributed by atoms with Crippen molar-refractivity contribution < 1.29 is 0 Å². The summed E-state index contributed by atoms with van der Waals surface area (Å²) in [5, 5.41) is 7.97. The molecule has 1 aromatic rings. The molecule has 14 heavy (non-hydrogen) atoms. The van der Waals surface area contributed by atoms with Crippen molar-refractivity contribution in [1.29, 1.82) is 5.41 Å². The molecule has 0 saturated heterocycles. The van der Waals surface area contributed by atoms with Gasteiger partial charge in [0, 0.05) is 11.6 Å². The number of hydrogen-bond acceptors (Lipinski definition) is 3. The molecule has 0 amide bonds. The van der Waals surface area contributed by atoms with Crippen LogP contribution in [0.4, 0.5) is 5.82 Å². The van der Waals surface area contributed by atoms with Crippen LogP contribution in [0.3, 0.4) is 0 Å². The van der Waals surface area contributed by atoms with Crippen LogP contribution in [0.5, 0.6) is 0 Å². The molecule has 2 heterocycles. The number of anilines is 1. The molecule has 1 aliphatic carbocycles. The van der Waals surface area contributed by atoms with Gasteiger partial charge in [0.25, 0.3) is 0 Å². The zero-order chi connectivity index (χ0) is 9.71. The molecule has 3 N–H and O–H groups in total. The highest BCUT2D eigenvalue weighted by Crippen LogP contribution is 2.33. The lowest BCUT2D eigenvalue weighted by Gasteiger charge is -2.15. The van der Waals surface area contributed by atoms with Crippen LogP contribution in [0, 0.1) is 5.41 Å². The number of hydrogen-bond donors (Lipinski definition) is 2. The van der Waals surface area contributed by atoms with Gasteiger partial charge in [-0.3, -0.25) is 5.41 Å². The predicted molar refractivity (Wildman–Crippen MR) is 54.0 cm³/mol. The monoisotopic (exact) mass is 188 g/mol. The van der Waals surface area contributed by atoms with Gasteiger partial charge >= 0.3 is 0 Å². The van der Waals surface area contributed by atoms with E-state index in [0.29, 0.717) is 17.7 Å². The standard InChI is InChI=1S/C10H12N4/c11-9-4-3-7-8(13-9)5-14(10(7)12)6-1-2-6/h3-4,6,12H,1-2,5H2,(H2,11,13). The number of fused-ring (bicyclic) bond motifs is 1. The first-order chi connectivity index (χ1) is 6.75. The summed E-state index contributed by atoms with van der Waals surface area (Å²) in [6.07, 6.45) is 2.43. The van der Waals surface area contributed by atoms with Crippen LogP contribution in [0.25, 0.3) is 0 Å². The first-order valence-electron chi connectivity index (χ1n) is 4.86. The van der Waals surface area contributed by atoms with Crippen LogP contribution in [0.2, 0.25) is 0 Å². The Hall–Kier alpha value is -1.58. The van der Waals surface area contributed by atoms with E-state index in [2.05, 4.69) is 9.88 Å². The highest BCUT2D eigenvalue weighted by atomic mass is 15.2. The molecule has 3 rings (SSSR count). The van der Waals surface area contributed by atoms with Gasteiger partial charge < -0.3 is 10.6 Å². The normalized spacial score (nSPS) is 20.0. The van der Waals surface area contributed by atoms with Crippen molar-refractivity contribution in [3.8, 4) is 0 Å². The van der Waals surface area contributed by atoms with E-state index in [4.69, 9.17) is 11.1 Å². The molecular formula is C10H12N4. The average molecular weight is 188 g/mol. The zero-order valence-electron chi connectivity index (χ0n) is 7.83. The molecule has 1 fully saturated rings. The van der Waals surface area contributed by atoms with Gasteiger partial charge in [0.2, 0.25) is 0 Å². The highest BCUT2D eigenvalue weighted by molar-refractivity contribution is 6.00. The number of nitrogen functional groups attached to an aromatic ring is 1. The van der Waals surface area contributed by atoms with Gasteiger partial charge in [-0.25, -0.2) is 4.98 Å². The summed E-state index contributed by atoms with van der Waals surface area (Å²) in [4.78, 5) is 6.38. The van der Waals surface area contributed by atoms with Crippen LogP contribution in [0.15, 0.2) is 12.1 Å². The first-order valence-corrected chi connectivity index (χ1v) is 4.86. The van der Waals surface area contributed by atoms with Crippen molar-refractivity contribution in [2.75, 3.05) is 5.73 Å². The lowest BCUT2D eigenvalue weighted by molar-refractivity contribution is 0.415. The molecule has 0 unspecified atom stereocenters. The quantitative estimate of drug-likeness (QED) is 0.690. The van der Waals surface area contributed by atoms with Gasteiger partial charge in [0.15, 0.2) is 0 Å². The molecule has 1 aromatic heterocycles. The summed E-state index contributed by atoms with van der Waals surface area (Å²) in [7, 11) is 0. The largest absolute Gasteiger partial charge is 0.384 e. The molecule has 4 nitrogen and oxygen atoms in total.